The highest BCUT2D eigenvalue weighted by atomic mass is 16.5. The van der Waals surface area contributed by atoms with Crippen LogP contribution in [0.25, 0.3) is 0 Å². The SMILES string of the molecule is O=C(COc1cccc(NC(=O)c2cccnc2Oc2ccccc2)c1)Nc1ccccc1. The Bertz CT molecular complexity index is 1230. The van der Waals surface area contributed by atoms with Gasteiger partial charge in [0, 0.05) is 23.6 Å². The van der Waals surface area contributed by atoms with Crippen molar-refractivity contribution < 1.29 is 19.1 Å². The van der Waals surface area contributed by atoms with E-state index in [1.807, 2.05) is 36.4 Å². The zero-order chi connectivity index (χ0) is 22.9. The maximum absolute atomic E-state index is 12.9. The molecule has 3 aromatic carbocycles. The van der Waals surface area contributed by atoms with E-state index >= 15 is 0 Å². The number of carbonyl (C=O) groups is 2. The molecule has 0 aliphatic carbocycles. The van der Waals surface area contributed by atoms with Gasteiger partial charge in [0.05, 0.1) is 0 Å². The van der Waals surface area contributed by atoms with Crippen molar-refractivity contribution in [2.24, 2.45) is 0 Å². The molecule has 0 fully saturated rings. The lowest BCUT2D eigenvalue weighted by Crippen LogP contribution is -2.20. The van der Waals surface area contributed by atoms with Gasteiger partial charge >= 0.3 is 0 Å². The monoisotopic (exact) mass is 439 g/mol. The molecule has 7 heteroatoms. The maximum atomic E-state index is 12.9. The summed E-state index contributed by atoms with van der Waals surface area (Å²) < 4.78 is 11.3. The molecule has 0 bridgehead atoms. The molecule has 2 amide bonds. The van der Waals surface area contributed by atoms with Gasteiger partial charge in [0.25, 0.3) is 11.8 Å². The molecule has 0 saturated carbocycles. The minimum absolute atomic E-state index is 0.163. The fraction of sp³-hybridized carbons (Fsp3) is 0.0385. The van der Waals surface area contributed by atoms with Gasteiger partial charge in [0.1, 0.15) is 17.1 Å². The maximum Gasteiger partial charge on any atom is 0.262 e. The number of hydrogen-bond donors (Lipinski definition) is 2. The number of benzene rings is 3. The number of carbonyl (C=O) groups excluding carboxylic acids is 2. The molecule has 1 aromatic heterocycles. The normalized spacial score (nSPS) is 10.2. The van der Waals surface area contributed by atoms with E-state index in [9.17, 15) is 9.59 Å². The van der Waals surface area contributed by atoms with Crippen molar-refractivity contribution in [1.82, 2.24) is 4.98 Å². The first-order valence-electron chi connectivity index (χ1n) is 10.2. The molecule has 4 aromatic rings. The van der Waals surface area contributed by atoms with E-state index in [2.05, 4.69) is 15.6 Å². The third-order valence-corrected chi connectivity index (χ3v) is 4.49. The Morgan fingerprint density at radius 3 is 2.21 bits per heavy atom. The van der Waals surface area contributed by atoms with Crippen molar-refractivity contribution in [2.75, 3.05) is 17.2 Å². The van der Waals surface area contributed by atoms with E-state index in [4.69, 9.17) is 9.47 Å². The molecular weight excluding hydrogens is 418 g/mol. The molecule has 0 atom stereocenters. The predicted octanol–water partition coefficient (Wildman–Crippen LogP) is 5.14. The highest BCUT2D eigenvalue weighted by molar-refractivity contribution is 6.06. The Balaban J connectivity index is 1.38. The van der Waals surface area contributed by atoms with Crippen LogP contribution in [-0.2, 0) is 4.79 Å². The van der Waals surface area contributed by atoms with Crippen LogP contribution in [0, 0.1) is 0 Å². The summed E-state index contributed by atoms with van der Waals surface area (Å²) in [4.78, 5) is 29.1. The molecule has 0 aliphatic rings. The minimum Gasteiger partial charge on any atom is -0.484 e. The van der Waals surface area contributed by atoms with Gasteiger partial charge in [0.15, 0.2) is 6.61 Å². The number of rotatable bonds is 8. The van der Waals surface area contributed by atoms with Crippen LogP contribution < -0.4 is 20.1 Å². The van der Waals surface area contributed by atoms with Crippen LogP contribution in [0.15, 0.2) is 103 Å². The number of nitrogens with zero attached hydrogens (tertiary/aromatic N) is 1. The van der Waals surface area contributed by atoms with Crippen LogP contribution in [0.2, 0.25) is 0 Å². The Morgan fingerprint density at radius 1 is 0.727 bits per heavy atom. The zero-order valence-electron chi connectivity index (χ0n) is 17.6. The number of nitrogens with one attached hydrogen (secondary N) is 2. The third kappa shape index (κ3) is 6.18. The minimum atomic E-state index is -0.381. The second-order valence-electron chi connectivity index (χ2n) is 6.96. The van der Waals surface area contributed by atoms with Crippen molar-refractivity contribution in [3.63, 3.8) is 0 Å². The average Bonchev–Trinajstić information content (AvgIpc) is 2.85. The summed E-state index contributed by atoms with van der Waals surface area (Å²) in [6.07, 6.45) is 1.56. The molecule has 7 nitrogen and oxygen atoms in total. The van der Waals surface area contributed by atoms with Gasteiger partial charge < -0.3 is 20.1 Å². The van der Waals surface area contributed by atoms with Crippen LogP contribution in [0.4, 0.5) is 11.4 Å². The van der Waals surface area contributed by atoms with Crippen LogP contribution in [0.1, 0.15) is 10.4 Å². The van der Waals surface area contributed by atoms with Gasteiger partial charge in [-0.05, 0) is 48.5 Å². The van der Waals surface area contributed by atoms with E-state index < -0.39 is 0 Å². The number of pyridine rings is 1. The first-order valence-corrected chi connectivity index (χ1v) is 10.2. The summed E-state index contributed by atoms with van der Waals surface area (Å²) in [5.41, 5.74) is 1.49. The molecule has 164 valence electrons. The van der Waals surface area contributed by atoms with Gasteiger partial charge in [-0.1, -0.05) is 42.5 Å². The van der Waals surface area contributed by atoms with Crippen LogP contribution >= 0.6 is 0 Å². The number of hydrogen-bond acceptors (Lipinski definition) is 5. The Hall–Kier alpha value is -4.65. The number of ether oxygens (including phenoxy) is 2. The second kappa shape index (κ2) is 10.6. The molecule has 33 heavy (non-hydrogen) atoms. The van der Waals surface area contributed by atoms with Crippen molar-refractivity contribution in [3.8, 4) is 17.4 Å². The summed E-state index contributed by atoms with van der Waals surface area (Å²) in [6, 6.07) is 28.3. The molecule has 0 saturated heterocycles. The average molecular weight is 439 g/mol. The van der Waals surface area contributed by atoms with E-state index in [-0.39, 0.29) is 29.9 Å². The van der Waals surface area contributed by atoms with E-state index in [0.717, 1.165) is 0 Å². The molecule has 0 radical (unpaired) electrons. The summed E-state index contributed by atoms with van der Waals surface area (Å²) in [6.45, 7) is -0.163. The van der Waals surface area contributed by atoms with Gasteiger partial charge in [0.2, 0.25) is 5.88 Å². The van der Waals surface area contributed by atoms with Crippen molar-refractivity contribution in [3.05, 3.63) is 109 Å². The number of amides is 2. The van der Waals surface area contributed by atoms with Crippen molar-refractivity contribution in [1.29, 1.82) is 0 Å². The molecule has 0 spiro atoms. The second-order valence-corrected chi connectivity index (χ2v) is 6.96. The van der Waals surface area contributed by atoms with Gasteiger partial charge in [-0.2, -0.15) is 0 Å². The van der Waals surface area contributed by atoms with Crippen LogP contribution in [-0.4, -0.2) is 23.4 Å². The van der Waals surface area contributed by atoms with Crippen LogP contribution in [0.5, 0.6) is 17.4 Å². The Labute approximate surface area is 191 Å². The Kier molecular flexibility index (Phi) is 6.92. The first-order chi connectivity index (χ1) is 16.2. The largest absolute Gasteiger partial charge is 0.484 e. The van der Waals surface area contributed by atoms with Gasteiger partial charge in [-0.15, -0.1) is 0 Å². The highest BCUT2D eigenvalue weighted by Gasteiger charge is 2.15. The molecule has 0 unspecified atom stereocenters. The molecule has 1 heterocycles. The smallest absolute Gasteiger partial charge is 0.262 e. The summed E-state index contributed by atoms with van der Waals surface area (Å²) in [7, 11) is 0. The summed E-state index contributed by atoms with van der Waals surface area (Å²) in [5.74, 6) is 0.560. The fourth-order valence-electron chi connectivity index (χ4n) is 2.97. The topological polar surface area (TPSA) is 89.5 Å². The van der Waals surface area contributed by atoms with Crippen LogP contribution in [0.3, 0.4) is 0 Å². The molecule has 0 aliphatic heterocycles. The number of para-hydroxylation sites is 2. The first kappa shape index (κ1) is 21.6. The summed E-state index contributed by atoms with van der Waals surface area (Å²) >= 11 is 0. The lowest BCUT2D eigenvalue weighted by Gasteiger charge is -2.12. The van der Waals surface area contributed by atoms with Crippen molar-refractivity contribution in [2.45, 2.75) is 0 Å². The zero-order valence-corrected chi connectivity index (χ0v) is 17.6. The third-order valence-electron chi connectivity index (χ3n) is 4.49. The molecule has 2 N–H and O–H groups in total. The number of aromatic nitrogens is 1. The molecule has 4 rings (SSSR count). The van der Waals surface area contributed by atoms with Gasteiger partial charge in [-0.3, -0.25) is 9.59 Å². The fourth-order valence-corrected chi connectivity index (χ4v) is 2.97. The Morgan fingerprint density at radius 2 is 1.42 bits per heavy atom. The van der Waals surface area contributed by atoms with E-state index in [1.165, 1.54) is 0 Å². The summed E-state index contributed by atoms with van der Waals surface area (Å²) in [5, 5.41) is 5.56. The number of anilines is 2. The van der Waals surface area contributed by atoms with E-state index in [0.29, 0.717) is 22.9 Å². The predicted molar refractivity (Wildman–Crippen MR) is 126 cm³/mol. The quantitative estimate of drug-likeness (QED) is 0.397. The van der Waals surface area contributed by atoms with E-state index in [1.54, 1.807) is 66.9 Å². The van der Waals surface area contributed by atoms with Gasteiger partial charge in [-0.25, -0.2) is 4.98 Å². The lowest BCUT2D eigenvalue weighted by atomic mass is 10.2. The highest BCUT2D eigenvalue weighted by Crippen LogP contribution is 2.24. The standard InChI is InChI=1S/C26H21N3O4/c30-24(28-19-9-3-1-4-10-19)18-32-22-14-7-11-20(17-22)29-25(31)23-15-8-16-27-26(23)33-21-12-5-2-6-13-21/h1-17H,18H2,(H,28,30)(H,29,31). The lowest BCUT2D eigenvalue weighted by molar-refractivity contribution is -0.118. The molecular formula is C26H21N3O4. The van der Waals surface area contributed by atoms with Crippen molar-refractivity contribution >= 4 is 23.2 Å².